The highest BCUT2D eigenvalue weighted by atomic mass is 31.2. The van der Waals surface area contributed by atoms with Gasteiger partial charge in [0.25, 0.3) is 7.82 Å². The number of phosphoric acid groups is 1. The highest BCUT2D eigenvalue weighted by Gasteiger charge is 2.37. The van der Waals surface area contributed by atoms with Gasteiger partial charge in [0.2, 0.25) is 0 Å². The molecule has 2 unspecified atom stereocenters. The van der Waals surface area contributed by atoms with Crippen LogP contribution in [0.1, 0.15) is 6.92 Å². The molecule has 0 aromatic rings. The molecule has 0 amide bonds. The lowest BCUT2D eigenvalue weighted by atomic mass is 10.1. The number of hydrogen-bond donors (Lipinski definition) is 0. The van der Waals surface area contributed by atoms with Crippen LogP contribution < -0.4 is 4.89 Å². The zero-order valence-corrected chi connectivity index (χ0v) is 9.94. The second-order valence-electron chi connectivity index (χ2n) is 3.50. The van der Waals surface area contributed by atoms with E-state index in [9.17, 15) is 9.46 Å². The molecule has 0 spiro atoms. The Bertz CT molecular complexity index is 243. The van der Waals surface area contributed by atoms with Crippen molar-refractivity contribution in [3.63, 3.8) is 0 Å². The minimum Gasteiger partial charge on any atom is -0.756 e. The SMILES string of the molecule is COC[C@H]1OCC(C)[C@H]1OP(=O)([O-])OC. The smallest absolute Gasteiger partial charge is 0.267 e. The number of rotatable bonds is 5. The van der Waals surface area contributed by atoms with E-state index in [1.165, 1.54) is 7.11 Å². The third-order valence-electron chi connectivity index (χ3n) is 2.31. The molecule has 1 heterocycles. The van der Waals surface area contributed by atoms with Gasteiger partial charge in [0.05, 0.1) is 19.3 Å². The molecular weight excluding hydrogens is 223 g/mol. The van der Waals surface area contributed by atoms with E-state index in [1.807, 2.05) is 6.92 Å². The maximum atomic E-state index is 11.1. The van der Waals surface area contributed by atoms with Gasteiger partial charge in [-0.15, -0.1) is 0 Å². The second-order valence-corrected chi connectivity index (χ2v) is 4.97. The fourth-order valence-electron chi connectivity index (χ4n) is 1.50. The van der Waals surface area contributed by atoms with Crippen LogP contribution >= 0.6 is 7.82 Å². The Balaban J connectivity index is 2.60. The molecule has 0 radical (unpaired) electrons. The van der Waals surface area contributed by atoms with E-state index in [4.69, 9.17) is 14.0 Å². The van der Waals surface area contributed by atoms with Crippen molar-refractivity contribution in [1.29, 1.82) is 0 Å². The van der Waals surface area contributed by atoms with Gasteiger partial charge in [0.15, 0.2) is 0 Å². The Hall–Kier alpha value is 0.0300. The molecule has 0 aromatic heterocycles. The molecule has 7 heteroatoms. The first-order valence-corrected chi connectivity index (χ1v) is 6.12. The fraction of sp³-hybridized carbons (Fsp3) is 1.00. The monoisotopic (exact) mass is 239 g/mol. The molecule has 4 atom stereocenters. The van der Waals surface area contributed by atoms with Crippen LogP contribution in [0, 0.1) is 5.92 Å². The van der Waals surface area contributed by atoms with E-state index in [0.29, 0.717) is 13.2 Å². The summed E-state index contributed by atoms with van der Waals surface area (Å²) >= 11 is 0. The molecule has 15 heavy (non-hydrogen) atoms. The van der Waals surface area contributed by atoms with Gasteiger partial charge >= 0.3 is 0 Å². The third kappa shape index (κ3) is 3.52. The Kier molecular flexibility index (Phi) is 4.70. The number of methoxy groups -OCH3 is 1. The Morgan fingerprint density at radius 3 is 2.73 bits per heavy atom. The Morgan fingerprint density at radius 2 is 2.20 bits per heavy atom. The van der Waals surface area contributed by atoms with Crippen molar-refractivity contribution in [2.45, 2.75) is 19.1 Å². The molecule has 0 bridgehead atoms. The van der Waals surface area contributed by atoms with Crippen molar-refractivity contribution in [1.82, 2.24) is 0 Å². The van der Waals surface area contributed by atoms with Gasteiger partial charge in [-0.05, 0) is 0 Å². The number of phosphoric ester groups is 1. The highest BCUT2D eigenvalue weighted by molar-refractivity contribution is 7.45. The molecule has 1 aliphatic rings. The number of ether oxygens (including phenoxy) is 2. The van der Waals surface area contributed by atoms with Crippen LogP contribution in [0.15, 0.2) is 0 Å². The summed E-state index contributed by atoms with van der Waals surface area (Å²) in [5, 5.41) is 0. The summed E-state index contributed by atoms with van der Waals surface area (Å²) in [5.74, 6) is 0.00238. The van der Waals surface area contributed by atoms with E-state index in [1.54, 1.807) is 0 Å². The first-order chi connectivity index (χ1) is 7.00. The first-order valence-electron chi connectivity index (χ1n) is 4.66. The second kappa shape index (κ2) is 5.39. The topological polar surface area (TPSA) is 77.1 Å². The molecule has 1 fully saturated rings. The predicted octanol–water partition coefficient (Wildman–Crippen LogP) is 0.168. The summed E-state index contributed by atoms with van der Waals surface area (Å²) in [6, 6.07) is 0. The lowest BCUT2D eigenvalue weighted by Crippen LogP contribution is -2.32. The molecule has 1 aliphatic heterocycles. The van der Waals surface area contributed by atoms with Crippen molar-refractivity contribution >= 4 is 7.82 Å². The van der Waals surface area contributed by atoms with Crippen LogP contribution in [0.2, 0.25) is 0 Å². The minimum absolute atomic E-state index is 0.00238. The van der Waals surface area contributed by atoms with Gasteiger partial charge in [0.1, 0.15) is 6.10 Å². The zero-order chi connectivity index (χ0) is 11.5. The summed E-state index contributed by atoms with van der Waals surface area (Å²) in [4.78, 5) is 11.1. The molecular formula is C8H16O6P-. The summed E-state index contributed by atoms with van der Waals surface area (Å²) in [5.41, 5.74) is 0. The maximum Gasteiger partial charge on any atom is 0.267 e. The van der Waals surface area contributed by atoms with Gasteiger partial charge in [-0.25, -0.2) is 0 Å². The molecule has 0 aliphatic carbocycles. The lowest BCUT2D eigenvalue weighted by Gasteiger charge is -2.28. The summed E-state index contributed by atoms with van der Waals surface area (Å²) in [6.45, 7) is 2.62. The molecule has 0 aromatic carbocycles. The van der Waals surface area contributed by atoms with Gasteiger partial charge in [-0.3, -0.25) is 4.57 Å². The van der Waals surface area contributed by atoms with Crippen molar-refractivity contribution in [3.05, 3.63) is 0 Å². The van der Waals surface area contributed by atoms with Crippen molar-refractivity contribution in [2.24, 2.45) is 5.92 Å². The van der Waals surface area contributed by atoms with Crippen LogP contribution in [0.25, 0.3) is 0 Å². The van der Waals surface area contributed by atoms with Crippen molar-refractivity contribution in [2.75, 3.05) is 27.4 Å². The fourth-order valence-corrected chi connectivity index (χ4v) is 2.23. The Morgan fingerprint density at radius 1 is 1.53 bits per heavy atom. The number of hydrogen-bond acceptors (Lipinski definition) is 6. The van der Waals surface area contributed by atoms with E-state index in [0.717, 1.165) is 7.11 Å². The van der Waals surface area contributed by atoms with E-state index >= 15 is 0 Å². The average Bonchev–Trinajstić information content (AvgIpc) is 2.50. The summed E-state index contributed by atoms with van der Waals surface area (Å²) < 4.78 is 30.5. The summed E-state index contributed by atoms with van der Waals surface area (Å²) in [7, 11) is -1.61. The third-order valence-corrected chi connectivity index (χ3v) is 3.25. The van der Waals surface area contributed by atoms with E-state index in [-0.39, 0.29) is 12.0 Å². The lowest BCUT2D eigenvalue weighted by molar-refractivity contribution is -0.230. The summed E-state index contributed by atoms with van der Waals surface area (Å²) in [6.07, 6.45) is -0.893. The van der Waals surface area contributed by atoms with Crippen LogP contribution in [-0.2, 0) is 23.1 Å². The van der Waals surface area contributed by atoms with E-state index < -0.39 is 13.9 Å². The van der Waals surface area contributed by atoms with E-state index in [2.05, 4.69) is 4.52 Å². The van der Waals surface area contributed by atoms with Crippen molar-refractivity contribution < 1.29 is 28.0 Å². The molecule has 6 nitrogen and oxygen atoms in total. The maximum absolute atomic E-state index is 11.1. The largest absolute Gasteiger partial charge is 0.756 e. The minimum atomic E-state index is -4.21. The highest BCUT2D eigenvalue weighted by Crippen LogP contribution is 2.42. The quantitative estimate of drug-likeness (QED) is 0.636. The van der Waals surface area contributed by atoms with Crippen LogP contribution in [0.5, 0.6) is 0 Å². The van der Waals surface area contributed by atoms with Gasteiger partial charge in [0, 0.05) is 20.1 Å². The van der Waals surface area contributed by atoms with Gasteiger partial charge < -0.3 is 23.4 Å². The molecule has 0 N–H and O–H groups in total. The van der Waals surface area contributed by atoms with Crippen LogP contribution in [0.4, 0.5) is 0 Å². The average molecular weight is 239 g/mol. The normalized spacial score (nSPS) is 35.3. The molecule has 1 saturated heterocycles. The predicted molar refractivity (Wildman–Crippen MR) is 50.3 cm³/mol. The van der Waals surface area contributed by atoms with Crippen molar-refractivity contribution in [3.8, 4) is 0 Å². The Labute approximate surface area is 89.1 Å². The standard InChI is InChI=1S/C8H17O6P/c1-6-4-13-7(5-11-2)8(6)14-15(9,10)12-3/h6-8H,4-5H2,1-3H3,(H,9,10)/p-1/t6?,7-,8-/m1/s1. The van der Waals surface area contributed by atoms with Crippen LogP contribution in [0.3, 0.4) is 0 Å². The molecule has 1 rings (SSSR count). The van der Waals surface area contributed by atoms with Gasteiger partial charge in [-0.1, -0.05) is 6.92 Å². The molecule has 0 saturated carbocycles. The first kappa shape index (κ1) is 13.1. The van der Waals surface area contributed by atoms with Crippen LogP contribution in [-0.4, -0.2) is 39.6 Å². The van der Waals surface area contributed by atoms with Gasteiger partial charge in [-0.2, -0.15) is 0 Å². The zero-order valence-electron chi connectivity index (χ0n) is 9.04. The molecule has 90 valence electrons.